The van der Waals surface area contributed by atoms with Crippen LogP contribution in [0.2, 0.25) is 0 Å². The van der Waals surface area contributed by atoms with Crippen molar-refractivity contribution < 1.29 is 9.53 Å². The summed E-state index contributed by atoms with van der Waals surface area (Å²) in [5, 5.41) is 0. The molecule has 0 aliphatic heterocycles. The highest BCUT2D eigenvalue weighted by atomic mass is 79.9. The van der Waals surface area contributed by atoms with Gasteiger partial charge in [0.05, 0.1) is 36.9 Å². The van der Waals surface area contributed by atoms with Crippen LogP contribution in [0.1, 0.15) is 5.56 Å². The molecule has 0 spiro atoms. The van der Waals surface area contributed by atoms with Gasteiger partial charge >= 0.3 is 5.97 Å². The normalized spacial score (nSPS) is 11.4. The Kier molecular flexibility index (Phi) is 6.43. The monoisotopic (exact) mass is 472 g/mol. The topological polar surface area (TPSA) is 44.1 Å². The third-order valence-electron chi connectivity index (χ3n) is 4.91. The molecule has 0 amide bonds. The van der Waals surface area contributed by atoms with Crippen molar-refractivity contribution in [3.05, 3.63) is 107 Å². The molecule has 4 rings (SSSR count). The molecule has 31 heavy (non-hydrogen) atoms. The van der Waals surface area contributed by atoms with Gasteiger partial charge in [-0.1, -0.05) is 88.7 Å². The zero-order chi connectivity index (χ0) is 21.6. The number of carbonyl (C=O) groups is 1. The first-order valence-electron chi connectivity index (χ1n) is 9.86. The molecule has 4 nitrogen and oxygen atoms in total. The lowest BCUT2D eigenvalue weighted by Gasteiger charge is -2.13. The molecule has 1 heterocycles. The second kappa shape index (κ2) is 9.58. The van der Waals surface area contributed by atoms with Crippen LogP contribution in [0.25, 0.3) is 28.6 Å². The van der Waals surface area contributed by atoms with Gasteiger partial charge in [0.2, 0.25) is 0 Å². The minimum atomic E-state index is -0.367. The van der Waals surface area contributed by atoms with Gasteiger partial charge in [0.15, 0.2) is 0 Å². The number of hydrogen-bond donors (Lipinski definition) is 0. The average molecular weight is 473 g/mol. The molecule has 0 radical (unpaired) electrons. The fourth-order valence-corrected chi connectivity index (χ4v) is 3.91. The lowest BCUT2D eigenvalue weighted by atomic mass is 10.0. The molecule has 1 aromatic heterocycles. The largest absolute Gasteiger partial charge is 0.466 e. The predicted molar refractivity (Wildman–Crippen MR) is 127 cm³/mol. The van der Waals surface area contributed by atoms with Gasteiger partial charge in [0.1, 0.15) is 0 Å². The smallest absolute Gasteiger partial charge is 0.335 e. The van der Waals surface area contributed by atoms with Gasteiger partial charge in [-0.15, -0.1) is 0 Å². The van der Waals surface area contributed by atoms with Crippen molar-refractivity contribution in [2.45, 2.75) is 6.54 Å². The molecular formula is C26H21BrN2O2. The van der Waals surface area contributed by atoms with Gasteiger partial charge in [0.25, 0.3) is 0 Å². The standard InChI is InChI=1S/C26H21BrN2O2/c1-31-26(30)22(15-19-9-8-14-23(27)16-19)17-29-18-28-24(20-10-4-2-5-11-20)25(29)21-12-6-3-7-13-21/h2-16,18H,17H2,1H3/b22-15-. The fraction of sp³-hybridized carbons (Fsp3) is 0.0769. The summed E-state index contributed by atoms with van der Waals surface area (Å²) in [6, 6.07) is 27.9. The van der Waals surface area contributed by atoms with Crippen LogP contribution >= 0.6 is 15.9 Å². The summed E-state index contributed by atoms with van der Waals surface area (Å²) in [5.74, 6) is -0.367. The Hall–Kier alpha value is -3.44. The lowest BCUT2D eigenvalue weighted by molar-refractivity contribution is -0.136. The summed E-state index contributed by atoms with van der Waals surface area (Å²) in [7, 11) is 1.40. The maximum atomic E-state index is 12.6. The second-order valence-electron chi connectivity index (χ2n) is 7.02. The molecule has 0 aliphatic carbocycles. The number of hydrogen-bond acceptors (Lipinski definition) is 3. The van der Waals surface area contributed by atoms with Gasteiger partial charge in [0, 0.05) is 15.6 Å². The Bertz CT molecular complexity index is 1210. The summed E-state index contributed by atoms with van der Waals surface area (Å²) < 4.78 is 8.02. The first-order chi connectivity index (χ1) is 15.2. The summed E-state index contributed by atoms with van der Waals surface area (Å²) in [5.41, 5.74) is 5.34. The SMILES string of the molecule is COC(=O)/C(=C\c1cccc(Br)c1)Cn1cnc(-c2ccccc2)c1-c1ccccc1. The summed E-state index contributed by atoms with van der Waals surface area (Å²) >= 11 is 3.48. The molecule has 3 aromatic carbocycles. The van der Waals surface area contributed by atoms with E-state index in [1.54, 1.807) is 6.33 Å². The second-order valence-corrected chi connectivity index (χ2v) is 7.93. The number of halogens is 1. The van der Waals surface area contributed by atoms with E-state index in [4.69, 9.17) is 9.72 Å². The van der Waals surface area contributed by atoms with Crippen molar-refractivity contribution in [3.8, 4) is 22.5 Å². The van der Waals surface area contributed by atoms with Crippen LogP contribution in [-0.4, -0.2) is 22.6 Å². The summed E-state index contributed by atoms with van der Waals surface area (Å²) in [6.45, 7) is 0.337. The number of benzene rings is 3. The van der Waals surface area contributed by atoms with E-state index in [0.717, 1.165) is 32.6 Å². The highest BCUT2D eigenvalue weighted by molar-refractivity contribution is 9.10. The van der Waals surface area contributed by atoms with Crippen LogP contribution < -0.4 is 0 Å². The van der Waals surface area contributed by atoms with Gasteiger partial charge in [-0.25, -0.2) is 9.78 Å². The van der Waals surface area contributed by atoms with E-state index in [0.29, 0.717) is 12.1 Å². The van der Waals surface area contributed by atoms with E-state index in [-0.39, 0.29) is 5.97 Å². The maximum absolute atomic E-state index is 12.6. The number of imidazole rings is 1. The molecular weight excluding hydrogens is 452 g/mol. The zero-order valence-corrected chi connectivity index (χ0v) is 18.6. The quantitative estimate of drug-likeness (QED) is 0.246. The molecule has 0 aliphatic rings. The van der Waals surface area contributed by atoms with Gasteiger partial charge in [-0.3, -0.25) is 0 Å². The third kappa shape index (κ3) is 4.84. The Morgan fingerprint density at radius 2 is 1.65 bits per heavy atom. The van der Waals surface area contributed by atoms with Crippen LogP contribution in [0.3, 0.4) is 0 Å². The Morgan fingerprint density at radius 1 is 0.968 bits per heavy atom. The number of carbonyl (C=O) groups excluding carboxylic acids is 1. The van der Waals surface area contributed by atoms with Gasteiger partial charge < -0.3 is 9.30 Å². The number of aromatic nitrogens is 2. The van der Waals surface area contributed by atoms with E-state index in [1.807, 2.05) is 83.4 Å². The van der Waals surface area contributed by atoms with E-state index >= 15 is 0 Å². The molecule has 0 saturated heterocycles. The third-order valence-corrected chi connectivity index (χ3v) is 5.40. The van der Waals surface area contributed by atoms with Crippen molar-refractivity contribution >= 4 is 28.0 Å². The van der Waals surface area contributed by atoms with E-state index in [9.17, 15) is 4.79 Å². The highest BCUT2D eigenvalue weighted by Gasteiger charge is 2.18. The van der Waals surface area contributed by atoms with Gasteiger partial charge in [-0.05, 0) is 23.8 Å². The zero-order valence-electron chi connectivity index (χ0n) is 17.0. The highest BCUT2D eigenvalue weighted by Crippen LogP contribution is 2.32. The Balaban J connectivity index is 1.81. The predicted octanol–water partition coefficient (Wildman–Crippen LogP) is 6.24. The molecule has 0 unspecified atom stereocenters. The number of rotatable bonds is 6. The van der Waals surface area contributed by atoms with Crippen LogP contribution in [0.4, 0.5) is 0 Å². The van der Waals surface area contributed by atoms with Crippen molar-refractivity contribution in [2.24, 2.45) is 0 Å². The van der Waals surface area contributed by atoms with Crippen LogP contribution in [-0.2, 0) is 16.1 Å². The maximum Gasteiger partial charge on any atom is 0.335 e. The van der Waals surface area contributed by atoms with Crippen molar-refractivity contribution in [2.75, 3.05) is 7.11 Å². The number of ether oxygens (including phenoxy) is 1. The Labute approximate surface area is 190 Å². The first kappa shape index (κ1) is 20.8. The average Bonchev–Trinajstić information content (AvgIpc) is 3.23. The molecule has 5 heteroatoms. The first-order valence-corrected chi connectivity index (χ1v) is 10.7. The number of esters is 1. The van der Waals surface area contributed by atoms with E-state index in [1.165, 1.54) is 7.11 Å². The molecule has 154 valence electrons. The lowest BCUT2D eigenvalue weighted by Crippen LogP contribution is -2.12. The van der Waals surface area contributed by atoms with Crippen LogP contribution in [0, 0.1) is 0 Å². The molecule has 0 bridgehead atoms. The van der Waals surface area contributed by atoms with Crippen LogP contribution in [0.15, 0.2) is 101 Å². The summed E-state index contributed by atoms with van der Waals surface area (Å²) in [6.07, 6.45) is 3.63. The van der Waals surface area contributed by atoms with Crippen molar-refractivity contribution in [1.29, 1.82) is 0 Å². The van der Waals surface area contributed by atoms with Crippen molar-refractivity contribution in [1.82, 2.24) is 9.55 Å². The minimum Gasteiger partial charge on any atom is -0.466 e. The fourth-order valence-electron chi connectivity index (χ4n) is 3.49. The summed E-state index contributed by atoms with van der Waals surface area (Å²) in [4.78, 5) is 17.3. The Morgan fingerprint density at radius 3 is 2.29 bits per heavy atom. The minimum absolute atomic E-state index is 0.337. The van der Waals surface area contributed by atoms with Gasteiger partial charge in [-0.2, -0.15) is 0 Å². The molecule has 0 N–H and O–H groups in total. The molecule has 4 aromatic rings. The van der Waals surface area contributed by atoms with Crippen molar-refractivity contribution in [3.63, 3.8) is 0 Å². The number of methoxy groups -OCH3 is 1. The van der Waals surface area contributed by atoms with E-state index in [2.05, 4.69) is 28.1 Å². The van der Waals surface area contributed by atoms with E-state index < -0.39 is 0 Å². The molecule has 0 fully saturated rings. The van der Waals surface area contributed by atoms with Crippen LogP contribution in [0.5, 0.6) is 0 Å². The molecule has 0 atom stereocenters. The number of nitrogens with zero attached hydrogens (tertiary/aromatic N) is 2. The molecule has 0 saturated carbocycles.